The van der Waals surface area contributed by atoms with Gasteiger partial charge < -0.3 is 0 Å². The maximum atomic E-state index is 14.2. The molecule has 1 unspecified atom stereocenters. The third-order valence-electron chi connectivity index (χ3n) is 3.35. The van der Waals surface area contributed by atoms with Crippen molar-refractivity contribution in [3.05, 3.63) is 59.4 Å². The highest BCUT2D eigenvalue weighted by Gasteiger charge is 2.21. The molecule has 2 nitrogen and oxygen atoms in total. The van der Waals surface area contributed by atoms with Crippen molar-refractivity contribution in [2.75, 3.05) is 0 Å². The molecule has 0 saturated heterocycles. The molecule has 5 heteroatoms. The van der Waals surface area contributed by atoms with Gasteiger partial charge in [-0.15, -0.1) is 11.6 Å². The van der Waals surface area contributed by atoms with Gasteiger partial charge in [-0.3, -0.25) is 4.57 Å². The minimum Gasteiger partial charge on any atom is -0.292 e. The van der Waals surface area contributed by atoms with Crippen molar-refractivity contribution < 1.29 is 8.78 Å². The maximum absolute atomic E-state index is 14.2. The highest BCUT2D eigenvalue weighted by Crippen LogP contribution is 2.30. The molecule has 1 aromatic heterocycles. The number of hydrogen-bond donors (Lipinski definition) is 0. The molecule has 0 spiro atoms. The van der Waals surface area contributed by atoms with Gasteiger partial charge in [-0.25, -0.2) is 13.8 Å². The van der Waals surface area contributed by atoms with Crippen molar-refractivity contribution in [2.24, 2.45) is 0 Å². The highest BCUT2D eigenvalue weighted by atomic mass is 35.5. The van der Waals surface area contributed by atoms with Crippen molar-refractivity contribution in [1.29, 1.82) is 0 Å². The van der Waals surface area contributed by atoms with Crippen LogP contribution in [0.1, 0.15) is 23.7 Å². The van der Waals surface area contributed by atoms with Gasteiger partial charge in [-0.2, -0.15) is 0 Å². The summed E-state index contributed by atoms with van der Waals surface area (Å²) in [5.74, 6) is -1.32. The van der Waals surface area contributed by atoms with E-state index >= 15 is 0 Å². The number of fused-ring (bicyclic) bond motifs is 1. The second-order valence-corrected chi connectivity index (χ2v) is 5.64. The van der Waals surface area contributed by atoms with E-state index in [4.69, 9.17) is 11.6 Å². The van der Waals surface area contributed by atoms with E-state index in [0.29, 0.717) is 17.0 Å². The normalized spacial score (nSPS) is 12.8. The largest absolute Gasteiger partial charge is 0.292 e. The van der Waals surface area contributed by atoms with Gasteiger partial charge in [0.15, 0.2) is 11.6 Å². The highest BCUT2D eigenvalue weighted by molar-refractivity contribution is 6.20. The molecule has 3 aromatic rings. The molecule has 3 rings (SSSR count). The molecule has 0 saturated carbocycles. The van der Waals surface area contributed by atoms with Gasteiger partial charge in [0.2, 0.25) is 0 Å². The number of benzene rings is 2. The van der Waals surface area contributed by atoms with Crippen LogP contribution in [0.15, 0.2) is 36.4 Å². The molecule has 0 bridgehead atoms. The predicted octanol–water partition coefficient (Wildman–Crippen LogP) is 4.91. The molecule has 2 aromatic carbocycles. The van der Waals surface area contributed by atoms with Crippen LogP contribution in [-0.4, -0.2) is 9.55 Å². The molecule has 0 fully saturated rings. The monoisotopic (exact) mass is 306 g/mol. The Morgan fingerprint density at radius 2 is 1.95 bits per heavy atom. The summed E-state index contributed by atoms with van der Waals surface area (Å²) in [6.45, 7) is 3.69. The Labute approximate surface area is 126 Å². The summed E-state index contributed by atoms with van der Waals surface area (Å²) in [5, 5.41) is -0.430. The van der Waals surface area contributed by atoms with E-state index in [0.717, 1.165) is 11.6 Å². The van der Waals surface area contributed by atoms with Crippen LogP contribution in [0, 0.1) is 18.6 Å². The first-order chi connectivity index (χ1) is 9.99. The Morgan fingerprint density at radius 1 is 1.19 bits per heavy atom. The minimum absolute atomic E-state index is 0.114. The Morgan fingerprint density at radius 3 is 2.62 bits per heavy atom. The van der Waals surface area contributed by atoms with Crippen LogP contribution < -0.4 is 0 Å². The van der Waals surface area contributed by atoms with Crippen molar-refractivity contribution in [1.82, 2.24) is 9.55 Å². The molecule has 0 aliphatic carbocycles. The predicted molar refractivity (Wildman–Crippen MR) is 80.0 cm³/mol. The summed E-state index contributed by atoms with van der Waals surface area (Å²) in [4.78, 5) is 4.34. The molecular formula is C16H13ClF2N2. The van der Waals surface area contributed by atoms with Gasteiger partial charge in [0.25, 0.3) is 0 Å². The Kier molecular flexibility index (Phi) is 3.41. The summed E-state index contributed by atoms with van der Waals surface area (Å²) in [6.07, 6.45) is 0. The summed E-state index contributed by atoms with van der Waals surface area (Å²) in [5.41, 5.74) is 2.23. The lowest BCUT2D eigenvalue weighted by Gasteiger charge is -2.11. The second kappa shape index (κ2) is 5.11. The first-order valence-electron chi connectivity index (χ1n) is 6.56. The van der Waals surface area contributed by atoms with Gasteiger partial charge in [-0.1, -0.05) is 12.1 Å². The van der Waals surface area contributed by atoms with Gasteiger partial charge in [0, 0.05) is 5.69 Å². The van der Waals surface area contributed by atoms with Crippen molar-refractivity contribution in [3.63, 3.8) is 0 Å². The fourth-order valence-electron chi connectivity index (χ4n) is 2.42. The average Bonchev–Trinajstić information content (AvgIpc) is 2.83. The van der Waals surface area contributed by atoms with Gasteiger partial charge >= 0.3 is 0 Å². The molecule has 1 atom stereocenters. The standard InChI is InChI=1S/C16H13ClF2N2/c1-9-4-3-5-11(8-9)21-15-13(20-16(21)10(2)17)7-6-12(18)14(15)19/h3-8,10H,1-2H3. The van der Waals surface area contributed by atoms with Crippen molar-refractivity contribution in [2.45, 2.75) is 19.2 Å². The zero-order valence-corrected chi connectivity index (χ0v) is 12.3. The lowest BCUT2D eigenvalue weighted by Crippen LogP contribution is -2.03. The molecule has 1 heterocycles. The molecule has 0 N–H and O–H groups in total. The summed E-state index contributed by atoms with van der Waals surface area (Å²) in [6, 6.07) is 10.0. The van der Waals surface area contributed by atoms with Crippen molar-refractivity contribution in [3.8, 4) is 5.69 Å². The van der Waals surface area contributed by atoms with Crippen LogP contribution in [0.5, 0.6) is 0 Å². The number of hydrogen-bond acceptors (Lipinski definition) is 1. The second-order valence-electron chi connectivity index (χ2n) is 4.99. The van der Waals surface area contributed by atoms with Crippen LogP contribution in [0.3, 0.4) is 0 Å². The lowest BCUT2D eigenvalue weighted by atomic mass is 10.2. The van der Waals surface area contributed by atoms with E-state index in [9.17, 15) is 8.78 Å². The van der Waals surface area contributed by atoms with Crippen LogP contribution in [0.4, 0.5) is 8.78 Å². The van der Waals surface area contributed by atoms with E-state index in [1.54, 1.807) is 11.5 Å². The van der Waals surface area contributed by atoms with E-state index in [1.165, 1.54) is 6.07 Å². The lowest BCUT2D eigenvalue weighted by molar-refractivity contribution is 0.514. The molecule has 0 aliphatic heterocycles. The third kappa shape index (κ3) is 2.29. The zero-order valence-electron chi connectivity index (χ0n) is 11.6. The third-order valence-corrected chi connectivity index (χ3v) is 3.55. The molecule has 0 amide bonds. The number of imidazole rings is 1. The molecule has 0 radical (unpaired) electrons. The van der Waals surface area contributed by atoms with E-state index < -0.39 is 17.0 Å². The zero-order chi connectivity index (χ0) is 15.1. The summed E-state index contributed by atoms with van der Waals surface area (Å²) < 4.78 is 29.4. The minimum atomic E-state index is -0.912. The molecule has 0 aliphatic rings. The first-order valence-corrected chi connectivity index (χ1v) is 7.00. The topological polar surface area (TPSA) is 17.8 Å². The number of nitrogens with zero attached hydrogens (tertiary/aromatic N) is 2. The van der Waals surface area contributed by atoms with E-state index in [1.807, 2.05) is 31.2 Å². The van der Waals surface area contributed by atoms with Crippen LogP contribution in [0.25, 0.3) is 16.7 Å². The molecule has 108 valence electrons. The molecular weight excluding hydrogens is 294 g/mol. The van der Waals surface area contributed by atoms with Crippen molar-refractivity contribution >= 4 is 22.6 Å². The Balaban J connectivity index is 2.43. The summed E-state index contributed by atoms with van der Waals surface area (Å²) >= 11 is 6.16. The number of alkyl halides is 1. The first kappa shape index (κ1) is 14.0. The van der Waals surface area contributed by atoms with E-state index in [2.05, 4.69) is 4.98 Å². The SMILES string of the molecule is Cc1cccc(-n2c(C(C)Cl)nc3ccc(F)c(F)c32)c1. The van der Waals surface area contributed by atoms with Crippen LogP contribution in [-0.2, 0) is 0 Å². The Bertz CT molecular complexity index is 825. The number of aromatic nitrogens is 2. The fourth-order valence-corrected chi connectivity index (χ4v) is 2.56. The summed E-state index contributed by atoms with van der Waals surface area (Å²) in [7, 11) is 0. The number of aryl methyl sites for hydroxylation is 1. The smallest absolute Gasteiger partial charge is 0.185 e. The van der Waals surface area contributed by atoms with Crippen LogP contribution >= 0.6 is 11.6 Å². The average molecular weight is 307 g/mol. The van der Waals surface area contributed by atoms with Crippen LogP contribution in [0.2, 0.25) is 0 Å². The fraction of sp³-hybridized carbons (Fsp3) is 0.188. The van der Waals surface area contributed by atoms with Gasteiger partial charge in [0.05, 0.1) is 10.9 Å². The quantitative estimate of drug-likeness (QED) is 0.615. The Hall–Kier alpha value is -1.94. The van der Waals surface area contributed by atoms with Gasteiger partial charge in [0.1, 0.15) is 11.3 Å². The van der Waals surface area contributed by atoms with Gasteiger partial charge in [-0.05, 0) is 43.7 Å². The molecule has 21 heavy (non-hydrogen) atoms. The van der Waals surface area contributed by atoms with E-state index in [-0.39, 0.29) is 5.52 Å². The maximum Gasteiger partial charge on any atom is 0.185 e. The number of halogens is 3. The number of rotatable bonds is 2.